The molecule has 5 heteroatoms. The van der Waals surface area contributed by atoms with Crippen LogP contribution in [0, 0.1) is 0 Å². The van der Waals surface area contributed by atoms with Gasteiger partial charge in [0.05, 0.1) is 19.3 Å². The van der Waals surface area contributed by atoms with Crippen LogP contribution in [0.1, 0.15) is 17.7 Å². The lowest BCUT2D eigenvalue weighted by atomic mass is 10.2. The summed E-state index contributed by atoms with van der Waals surface area (Å²) < 4.78 is 12.2. The summed E-state index contributed by atoms with van der Waals surface area (Å²) in [5, 5.41) is 5.47. The minimum Gasteiger partial charge on any atom is -0.377 e. The first-order valence-electron chi connectivity index (χ1n) is 5.97. The van der Waals surface area contributed by atoms with Crippen molar-refractivity contribution in [2.75, 3.05) is 26.4 Å². The molecule has 1 saturated heterocycles. The number of thiophene rings is 1. The topological polar surface area (TPSA) is 30.5 Å². The first kappa shape index (κ1) is 13.5. The summed E-state index contributed by atoms with van der Waals surface area (Å²) in [7, 11) is 0. The van der Waals surface area contributed by atoms with Gasteiger partial charge in [0.15, 0.2) is 0 Å². The predicted molar refractivity (Wildman–Crippen MR) is 73.5 cm³/mol. The van der Waals surface area contributed by atoms with E-state index in [9.17, 15) is 0 Å². The molecule has 3 nitrogen and oxygen atoms in total. The van der Waals surface area contributed by atoms with Gasteiger partial charge in [-0.15, -0.1) is 11.3 Å². The summed E-state index contributed by atoms with van der Waals surface area (Å²) >= 11 is 5.21. The van der Waals surface area contributed by atoms with Crippen molar-refractivity contribution >= 4 is 27.3 Å². The standard InChI is InChI=1S/C12H18BrNO2S/c13-10-6-12(17-9-10)7-14-3-5-15-8-11-2-1-4-16-11/h6,9,11,14H,1-5,7-8H2. The highest BCUT2D eigenvalue weighted by Gasteiger charge is 2.14. The van der Waals surface area contributed by atoms with Crippen molar-refractivity contribution in [2.24, 2.45) is 0 Å². The van der Waals surface area contributed by atoms with Gasteiger partial charge in [0.25, 0.3) is 0 Å². The number of nitrogens with one attached hydrogen (secondary N) is 1. The molecular formula is C12H18BrNO2S. The number of halogens is 1. The van der Waals surface area contributed by atoms with E-state index in [0.29, 0.717) is 6.10 Å². The third-order valence-corrected chi connectivity index (χ3v) is 4.37. The van der Waals surface area contributed by atoms with Crippen LogP contribution in [0.2, 0.25) is 0 Å². The summed E-state index contributed by atoms with van der Waals surface area (Å²) in [5.41, 5.74) is 0. The highest BCUT2D eigenvalue weighted by Crippen LogP contribution is 2.19. The van der Waals surface area contributed by atoms with Crippen LogP contribution in [-0.2, 0) is 16.0 Å². The van der Waals surface area contributed by atoms with E-state index in [-0.39, 0.29) is 0 Å². The SMILES string of the molecule is Brc1csc(CNCCOCC2CCCO2)c1. The smallest absolute Gasteiger partial charge is 0.0809 e. The van der Waals surface area contributed by atoms with Gasteiger partial charge in [0, 0.05) is 34.4 Å². The Labute approximate surface area is 115 Å². The maximum Gasteiger partial charge on any atom is 0.0809 e. The minimum absolute atomic E-state index is 0.336. The van der Waals surface area contributed by atoms with Crippen LogP contribution in [0.25, 0.3) is 0 Å². The fraction of sp³-hybridized carbons (Fsp3) is 0.667. The van der Waals surface area contributed by atoms with Gasteiger partial charge in [-0.2, -0.15) is 0 Å². The molecule has 0 bridgehead atoms. The lowest BCUT2D eigenvalue weighted by Gasteiger charge is -2.10. The zero-order chi connectivity index (χ0) is 11.9. The summed E-state index contributed by atoms with van der Waals surface area (Å²) in [6.45, 7) is 4.21. The van der Waals surface area contributed by atoms with Gasteiger partial charge in [-0.1, -0.05) is 0 Å². The molecular weight excluding hydrogens is 302 g/mol. The monoisotopic (exact) mass is 319 g/mol. The van der Waals surface area contributed by atoms with Crippen LogP contribution >= 0.6 is 27.3 Å². The Morgan fingerprint density at radius 2 is 2.53 bits per heavy atom. The third kappa shape index (κ3) is 5.06. The number of hydrogen-bond acceptors (Lipinski definition) is 4. The van der Waals surface area contributed by atoms with Gasteiger partial charge in [-0.05, 0) is 34.8 Å². The zero-order valence-corrected chi connectivity index (χ0v) is 12.2. The highest BCUT2D eigenvalue weighted by molar-refractivity contribution is 9.10. The Balaban J connectivity index is 1.46. The van der Waals surface area contributed by atoms with Crippen molar-refractivity contribution in [1.29, 1.82) is 0 Å². The molecule has 2 heterocycles. The van der Waals surface area contributed by atoms with Crippen molar-refractivity contribution < 1.29 is 9.47 Å². The second-order valence-corrected chi connectivity index (χ2v) is 6.03. The van der Waals surface area contributed by atoms with Crippen LogP contribution in [0.3, 0.4) is 0 Å². The van der Waals surface area contributed by atoms with E-state index in [4.69, 9.17) is 9.47 Å². The molecule has 2 rings (SSSR count). The van der Waals surface area contributed by atoms with Gasteiger partial charge in [-0.25, -0.2) is 0 Å². The van der Waals surface area contributed by atoms with Crippen LogP contribution in [0.15, 0.2) is 15.9 Å². The first-order valence-corrected chi connectivity index (χ1v) is 7.65. The lowest BCUT2D eigenvalue weighted by Crippen LogP contribution is -2.22. The molecule has 1 atom stereocenters. The summed E-state index contributed by atoms with van der Waals surface area (Å²) in [5.74, 6) is 0. The molecule has 17 heavy (non-hydrogen) atoms. The summed E-state index contributed by atoms with van der Waals surface area (Å²) in [6, 6.07) is 2.14. The van der Waals surface area contributed by atoms with Crippen molar-refractivity contribution in [3.8, 4) is 0 Å². The Kier molecular flexibility index (Phi) is 5.94. The molecule has 0 radical (unpaired) electrons. The molecule has 0 saturated carbocycles. The van der Waals surface area contributed by atoms with E-state index >= 15 is 0 Å². The molecule has 1 fully saturated rings. The largest absolute Gasteiger partial charge is 0.377 e. The number of hydrogen-bond donors (Lipinski definition) is 1. The van der Waals surface area contributed by atoms with E-state index in [2.05, 4.69) is 32.7 Å². The van der Waals surface area contributed by atoms with E-state index in [1.54, 1.807) is 11.3 Å². The van der Waals surface area contributed by atoms with Gasteiger partial charge in [-0.3, -0.25) is 0 Å². The maximum atomic E-state index is 5.57. The molecule has 1 aliphatic rings. The molecule has 0 aliphatic carbocycles. The van der Waals surface area contributed by atoms with Crippen molar-refractivity contribution in [3.05, 3.63) is 20.8 Å². The Morgan fingerprint density at radius 3 is 3.24 bits per heavy atom. The second-order valence-electron chi connectivity index (χ2n) is 4.12. The van der Waals surface area contributed by atoms with E-state index in [1.165, 1.54) is 11.3 Å². The second kappa shape index (κ2) is 7.48. The number of ether oxygens (including phenoxy) is 2. The fourth-order valence-electron chi connectivity index (χ4n) is 1.79. The molecule has 0 amide bonds. The third-order valence-electron chi connectivity index (χ3n) is 2.67. The minimum atomic E-state index is 0.336. The van der Waals surface area contributed by atoms with Crippen molar-refractivity contribution in [3.63, 3.8) is 0 Å². The highest BCUT2D eigenvalue weighted by atomic mass is 79.9. The normalized spacial score (nSPS) is 19.9. The van der Waals surface area contributed by atoms with Crippen LogP contribution < -0.4 is 5.32 Å². The van der Waals surface area contributed by atoms with Crippen molar-refractivity contribution in [1.82, 2.24) is 5.32 Å². The predicted octanol–water partition coefficient (Wildman–Crippen LogP) is 2.80. The van der Waals surface area contributed by atoms with Gasteiger partial charge < -0.3 is 14.8 Å². The first-order chi connectivity index (χ1) is 8.34. The molecule has 0 spiro atoms. The van der Waals surface area contributed by atoms with Gasteiger partial charge >= 0.3 is 0 Å². The van der Waals surface area contributed by atoms with E-state index in [0.717, 1.165) is 43.8 Å². The molecule has 1 aromatic heterocycles. The lowest BCUT2D eigenvalue weighted by molar-refractivity contribution is 0.0183. The van der Waals surface area contributed by atoms with E-state index in [1.807, 2.05) is 0 Å². The molecule has 1 aliphatic heterocycles. The van der Waals surface area contributed by atoms with Crippen LogP contribution in [0.4, 0.5) is 0 Å². The molecule has 96 valence electrons. The average molecular weight is 320 g/mol. The van der Waals surface area contributed by atoms with Gasteiger partial charge in [0.2, 0.25) is 0 Å². The summed E-state index contributed by atoms with van der Waals surface area (Å²) in [4.78, 5) is 1.34. The maximum absolute atomic E-state index is 5.57. The Morgan fingerprint density at radius 1 is 1.59 bits per heavy atom. The molecule has 0 aromatic carbocycles. The van der Waals surface area contributed by atoms with Crippen LogP contribution in [0.5, 0.6) is 0 Å². The Bertz CT molecular complexity index is 326. The zero-order valence-electron chi connectivity index (χ0n) is 9.78. The van der Waals surface area contributed by atoms with Gasteiger partial charge in [0.1, 0.15) is 0 Å². The quantitative estimate of drug-likeness (QED) is 0.784. The fourth-order valence-corrected chi connectivity index (χ4v) is 3.21. The summed E-state index contributed by atoms with van der Waals surface area (Å²) in [6.07, 6.45) is 2.67. The molecule has 1 N–H and O–H groups in total. The van der Waals surface area contributed by atoms with Crippen molar-refractivity contribution in [2.45, 2.75) is 25.5 Å². The molecule has 1 unspecified atom stereocenters. The average Bonchev–Trinajstić information content (AvgIpc) is 2.95. The molecule has 1 aromatic rings. The Hall–Kier alpha value is 0.0600. The van der Waals surface area contributed by atoms with E-state index < -0.39 is 0 Å². The number of rotatable bonds is 7. The van der Waals surface area contributed by atoms with Crippen LogP contribution in [-0.4, -0.2) is 32.5 Å².